The number of fused-ring (bicyclic) bond motifs is 1. The van der Waals surface area contributed by atoms with E-state index in [-0.39, 0.29) is 11.5 Å². The minimum Gasteiger partial charge on any atom is -0.507 e. The molecule has 0 saturated heterocycles. The molecule has 0 spiro atoms. The van der Waals surface area contributed by atoms with Crippen molar-refractivity contribution >= 4 is 16.6 Å². The van der Waals surface area contributed by atoms with Crippen molar-refractivity contribution in [1.29, 1.82) is 0 Å². The van der Waals surface area contributed by atoms with Crippen molar-refractivity contribution in [2.75, 3.05) is 0 Å². The second-order valence-corrected chi connectivity index (χ2v) is 5.61. The maximum absolute atomic E-state index is 12.6. The molecule has 2 heteroatoms. The number of unbranched alkanes of at least 4 members (excludes halogenated alkanes) is 2. The molecular weight excluding hydrogens is 260 g/mol. The quantitative estimate of drug-likeness (QED) is 0.704. The molecule has 0 radical (unpaired) electrons. The van der Waals surface area contributed by atoms with E-state index >= 15 is 0 Å². The normalized spacial score (nSPS) is 11.0. The van der Waals surface area contributed by atoms with E-state index in [0.29, 0.717) is 6.42 Å². The average molecular weight is 284 g/mol. The van der Waals surface area contributed by atoms with Gasteiger partial charge in [0.1, 0.15) is 5.75 Å². The number of aromatic hydroxyl groups is 1. The Kier molecular flexibility index (Phi) is 5.38. The highest BCUT2D eigenvalue weighted by molar-refractivity contribution is 6.10. The lowest BCUT2D eigenvalue weighted by molar-refractivity contribution is 0.0980. The predicted octanol–water partition coefficient (Wildman–Crippen LogP) is 5.26. The van der Waals surface area contributed by atoms with E-state index in [0.717, 1.165) is 54.0 Å². The molecular formula is C19H24O2. The third kappa shape index (κ3) is 3.44. The van der Waals surface area contributed by atoms with Gasteiger partial charge in [-0.25, -0.2) is 0 Å². The first kappa shape index (κ1) is 15.6. The van der Waals surface area contributed by atoms with Crippen molar-refractivity contribution < 1.29 is 9.90 Å². The second kappa shape index (κ2) is 7.26. The molecule has 0 aliphatic heterocycles. The molecule has 2 nitrogen and oxygen atoms in total. The molecule has 0 atom stereocenters. The molecule has 2 rings (SSSR count). The van der Waals surface area contributed by atoms with E-state index in [4.69, 9.17) is 0 Å². The lowest BCUT2D eigenvalue weighted by Gasteiger charge is -2.13. The van der Waals surface area contributed by atoms with Crippen molar-refractivity contribution in [3.05, 3.63) is 41.5 Å². The number of hydrogen-bond acceptors (Lipinski definition) is 2. The van der Waals surface area contributed by atoms with Gasteiger partial charge in [0.15, 0.2) is 5.78 Å². The van der Waals surface area contributed by atoms with Crippen LogP contribution >= 0.6 is 0 Å². The Morgan fingerprint density at radius 2 is 1.71 bits per heavy atom. The van der Waals surface area contributed by atoms with Crippen molar-refractivity contribution in [2.45, 2.75) is 52.4 Å². The smallest absolute Gasteiger partial charge is 0.163 e. The fraction of sp³-hybridized carbons (Fsp3) is 0.421. The fourth-order valence-corrected chi connectivity index (χ4v) is 2.77. The van der Waals surface area contributed by atoms with E-state index in [2.05, 4.69) is 13.8 Å². The van der Waals surface area contributed by atoms with Crippen LogP contribution in [0, 0.1) is 0 Å². The van der Waals surface area contributed by atoms with Gasteiger partial charge in [-0.15, -0.1) is 0 Å². The van der Waals surface area contributed by atoms with Crippen molar-refractivity contribution in [1.82, 2.24) is 0 Å². The Hall–Kier alpha value is -1.83. The van der Waals surface area contributed by atoms with Gasteiger partial charge >= 0.3 is 0 Å². The van der Waals surface area contributed by atoms with Gasteiger partial charge in [0, 0.05) is 17.4 Å². The van der Waals surface area contributed by atoms with Gasteiger partial charge in [0.2, 0.25) is 0 Å². The molecule has 2 aromatic rings. The van der Waals surface area contributed by atoms with Gasteiger partial charge in [0.05, 0.1) is 0 Å². The van der Waals surface area contributed by atoms with E-state index in [1.165, 1.54) is 0 Å². The van der Waals surface area contributed by atoms with Gasteiger partial charge in [-0.05, 0) is 36.3 Å². The fourth-order valence-electron chi connectivity index (χ4n) is 2.77. The summed E-state index contributed by atoms with van der Waals surface area (Å²) in [6.07, 6.45) is 5.49. The summed E-state index contributed by atoms with van der Waals surface area (Å²) in [7, 11) is 0. The average Bonchev–Trinajstić information content (AvgIpc) is 2.50. The number of phenols is 1. The van der Waals surface area contributed by atoms with Gasteiger partial charge < -0.3 is 5.11 Å². The monoisotopic (exact) mass is 284 g/mol. The Bertz CT molecular complexity index is 629. The topological polar surface area (TPSA) is 37.3 Å². The largest absolute Gasteiger partial charge is 0.507 e. The number of carbonyl (C=O) groups is 1. The number of ketones is 1. The highest BCUT2D eigenvalue weighted by atomic mass is 16.3. The second-order valence-electron chi connectivity index (χ2n) is 5.61. The molecule has 112 valence electrons. The van der Waals surface area contributed by atoms with Crippen LogP contribution in [0.2, 0.25) is 0 Å². The lowest BCUT2D eigenvalue weighted by Crippen LogP contribution is -2.05. The van der Waals surface area contributed by atoms with Gasteiger partial charge in [-0.2, -0.15) is 0 Å². The molecule has 0 heterocycles. The molecule has 0 aliphatic rings. The number of Topliss-reactive ketones (excluding diaryl/α,β-unsaturated/α-hetero) is 1. The van der Waals surface area contributed by atoms with E-state index in [1.807, 2.05) is 24.3 Å². The molecule has 0 saturated carbocycles. The van der Waals surface area contributed by atoms with Gasteiger partial charge in [-0.3, -0.25) is 4.79 Å². The molecule has 0 fully saturated rings. The zero-order valence-corrected chi connectivity index (χ0v) is 13.0. The first-order valence-electron chi connectivity index (χ1n) is 7.95. The van der Waals surface area contributed by atoms with Crippen LogP contribution in [0.1, 0.15) is 61.9 Å². The summed E-state index contributed by atoms with van der Waals surface area (Å²) in [5.74, 6) is 0.489. The molecule has 0 amide bonds. The first-order chi connectivity index (χ1) is 10.2. The SMILES string of the molecule is CCCCC(=O)c1c(CCCC)cc(O)c2ccccc12. The number of benzene rings is 2. The molecule has 0 aromatic heterocycles. The van der Waals surface area contributed by atoms with Gasteiger partial charge in [-0.1, -0.05) is 51.0 Å². The minimum atomic E-state index is 0.208. The van der Waals surface area contributed by atoms with Crippen LogP contribution in [0.15, 0.2) is 30.3 Å². The summed E-state index contributed by atoms with van der Waals surface area (Å²) in [4.78, 5) is 12.6. The Morgan fingerprint density at radius 1 is 1.05 bits per heavy atom. The lowest BCUT2D eigenvalue weighted by atomic mass is 9.91. The number of carbonyl (C=O) groups excluding carboxylic acids is 1. The molecule has 0 aliphatic carbocycles. The van der Waals surface area contributed by atoms with E-state index < -0.39 is 0 Å². The predicted molar refractivity (Wildman–Crippen MR) is 88.1 cm³/mol. The van der Waals surface area contributed by atoms with Crippen LogP contribution < -0.4 is 0 Å². The van der Waals surface area contributed by atoms with Crippen molar-refractivity contribution in [2.24, 2.45) is 0 Å². The van der Waals surface area contributed by atoms with Crippen LogP contribution in [0.3, 0.4) is 0 Å². The zero-order valence-electron chi connectivity index (χ0n) is 13.0. The summed E-state index contributed by atoms with van der Waals surface area (Å²) in [6, 6.07) is 9.45. The summed E-state index contributed by atoms with van der Waals surface area (Å²) < 4.78 is 0. The molecule has 21 heavy (non-hydrogen) atoms. The third-order valence-corrected chi connectivity index (χ3v) is 3.94. The van der Waals surface area contributed by atoms with Crippen LogP contribution in [0.25, 0.3) is 10.8 Å². The van der Waals surface area contributed by atoms with Crippen LogP contribution in [0.5, 0.6) is 5.75 Å². The van der Waals surface area contributed by atoms with Crippen LogP contribution in [-0.2, 0) is 6.42 Å². The number of hydrogen-bond donors (Lipinski definition) is 1. The summed E-state index contributed by atoms with van der Waals surface area (Å²) in [6.45, 7) is 4.24. The number of aryl methyl sites for hydroxylation is 1. The Labute approximate surface area is 126 Å². The van der Waals surface area contributed by atoms with Gasteiger partial charge in [0.25, 0.3) is 0 Å². The van der Waals surface area contributed by atoms with Crippen LogP contribution in [0.4, 0.5) is 0 Å². The molecule has 0 bridgehead atoms. The first-order valence-corrected chi connectivity index (χ1v) is 7.95. The Balaban J connectivity index is 2.55. The van der Waals surface area contributed by atoms with Crippen molar-refractivity contribution in [3.8, 4) is 5.75 Å². The maximum atomic E-state index is 12.6. The summed E-state index contributed by atoms with van der Waals surface area (Å²) in [5, 5.41) is 11.9. The zero-order chi connectivity index (χ0) is 15.2. The summed E-state index contributed by atoms with van der Waals surface area (Å²) >= 11 is 0. The minimum absolute atomic E-state index is 0.208. The summed E-state index contributed by atoms with van der Waals surface area (Å²) in [5.41, 5.74) is 1.82. The van der Waals surface area contributed by atoms with Crippen LogP contribution in [-0.4, -0.2) is 10.9 Å². The van der Waals surface area contributed by atoms with E-state index in [1.54, 1.807) is 6.07 Å². The highest BCUT2D eigenvalue weighted by Gasteiger charge is 2.17. The highest BCUT2D eigenvalue weighted by Crippen LogP contribution is 2.32. The number of phenolic OH excluding ortho intramolecular Hbond substituents is 1. The van der Waals surface area contributed by atoms with Crippen molar-refractivity contribution in [3.63, 3.8) is 0 Å². The third-order valence-electron chi connectivity index (χ3n) is 3.94. The standard InChI is InChI=1S/C19H24O2/c1-3-5-9-14-13-18(21)15-10-7-8-11-16(15)19(14)17(20)12-6-4-2/h7-8,10-11,13,21H,3-6,9,12H2,1-2H3. The Morgan fingerprint density at radius 3 is 2.38 bits per heavy atom. The molecule has 0 unspecified atom stereocenters. The van der Waals surface area contributed by atoms with E-state index in [9.17, 15) is 9.90 Å². The molecule has 2 aromatic carbocycles. The molecule has 1 N–H and O–H groups in total. The maximum Gasteiger partial charge on any atom is 0.163 e. The number of rotatable bonds is 7.